The number of rotatable bonds is 5. The van der Waals surface area contributed by atoms with E-state index in [2.05, 4.69) is 22.5 Å². The van der Waals surface area contributed by atoms with Crippen LogP contribution in [-0.2, 0) is 0 Å². The van der Waals surface area contributed by atoms with Crippen LogP contribution in [0.2, 0.25) is 0 Å². The first kappa shape index (κ1) is 13.1. The van der Waals surface area contributed by atoms with Crippen LogP contribution in [0, 0.1) is 0 Å². The molecule has 0 unspecified atom stereocenters. The summed E-state index contributed by atoms with van der Waals surface area (Å²) in [5.41, 5.74) is 6.68. The van der Waals surface area contributed by atoms with Crippen LogP contribution in [0.5, 0.6) is 11.5 Å². The Morgan fingerprint density at radius 3 is 2.88 bits per heavy atom. The molecule has 0 fully saturated rings. The molecular weight excluding hydrogens is 270 g/mol. The lowest BCUT2D eigenvalue weighted by atomic mass is 10.0. The van der Waals surface area contributed by atoms with Gasteiger partial charge in [0.05, 0.1) is 7.11 Å². The summed E-state index contributed by atoms with van der Waals surface area (Å²) in [7, 11) is 1.51. The Labute approximate surface area is 104 Å². The Bertz CT molecular complexity index is 380. The molecule has 4 heteroatoms. The molecule has 3 nitrogen and oxygen atoms in total. The van der Waals surface area contributed by atoms with Crippen molar-refractivity contribution in [3.63, 3.8) is 0 Å². The summed E-state index contributed by atoms with van der Waals surface area (Å²) in [4.78, 5) is 0. The summed E-state index contributed by atoms with van der Waals surface area (Å²) in [6.07, 6.45) is 3.37. The topological polar surface area (TPSA) is 55.5 Å². The van der Waals surface area contributed by atoms with Crippen LogP contribution in [0.1, 0.15) is 24.4 Å². The fraction of sp³-hybridized carbons (Fsp3) is 0.333. The standard InChI is InChI=1S/C12H16BrNO2/c1-3-4-5-10(14)9-6-8(13)7-11(16-2)12(9)15/h3,6-7,10,15H,1,4-5,14H2,2H3/t10-/m1/s1. The van der Waals surface area contributed by atoms with Gasteiger partial charge in [0.15, 0.2) is 11.5 Å². The maximum Gasteiger partial charge on any atom is 0.162 e. The molecular formula is C12H16BrNO2. The Morgan fingerprint density at radius 1 is 1.62 bits per heavy atom. The molecule has 0 saturated heterocycles. The lowest BCUT2D eigenvalue weighted by molar-refractivity contribution is 0.367. The summed E-state index contributed by atoms with van der Waals surface area (Å²) < 4.78 is 5.90. The molecule has 0 bridgehead atoms. The highest BCUT2D eigenvalue weighted by atomic mass is 79.9. The van der Waals surface area contributed by atoms with Crippen molar-refractivity contribution in [2.24, 2.45) is 5.73 Å². The molecule has 0 amide bonds. The van der Waals surface area contributed by atoms with Crippen LogP contribution in [0.25, 0.3) is 0 Å². The van der Waals surface area contributed by atoms with Crippen LogP contribution in [0.15, 0.2) is 29.3 Å². The van der Waals surface area contributed by atoms with E-state index in [4.69, 9.17) is 10.5 Å². The van der Waals surface area contributed by atoms with Crippen molar-refractivity contribution in [2.75, 3.05) is 7.11 Å². The summed E-state index contributed by atoms with van der Waals surface area (Å²) in [5.74, 6) is 0.542. The van der Waals surface area contributed by atoms with Gasteiger partial charge >= 0.3 is 0 Å². The Balaban J connectivity index is 3.02. The average Bonchev–Trinajstić information content (AvgIpc) is 2.28. The molecule has 16 heavy (non-hydrogen) atoms. The average molecular weight is 286 g/mol. The van der Waals surface area contributed by atoms with Gasteiger partial charge in [-0.2, -0.15) is 0 Å². The molecule has 0 radical (unpaired) electrons. The second-order valence-electron chi connectivity index (χ2n) is 3.52. The van der Waals surface area contributed by atoms with Crippen molar-refractivity contribution in [3.05, 3.63) is 34.8 Å². The number of halogens is 1. The quantitative estimate of drug-likeness (QED) is 0.818. The number of hydrogen-bond acceptors (Lipinski definition) is 3. The molecule has 0 aliphatic carbocycles. The molecule has 0 aliphatic rings. The van der Waals surface area contributed by atoms with Gasteiger partial charge in [-0.15, -0.1) is 6.58 Å². The first-order valence-corrected chi connectivity index (χ1v) is 5.82. The largest absolute Gasteiger partial charge is 0.504 e. The van der Waals surface area contributed by atoms with Gasteiger partial charge in [-0.1, -0.05) is 22.0 Å². The van der Waals surface area contributed by atoms with Gasteiger partial charge in [0.25, 0.3) is 0 Å². The molecule has 1 aromatic rings. The number of nitrogens with two attached hydrogens (primary N) is 1. The number of phenols is 1. The summed E-state index contributed by atoms with van der Waals surface area (Å²) in [6, 6.07) is 3.30. The van der Waals surface area contributed by atoms with E-state index in [0.717, 1.165) is 17.3 Å². The minimum absolute atomic E-state index is 0.113. The molecule has 1 aromatic carbocycles. The van der Waals surface area contributed by atoms with Crippen LogP contribution in [-0.4, -0.2) is 12.2 Å². The van der Waals surface area contributed by atoms with E-state index in [-0.39, 0.29) is 11.8 Å². The minimum Gasteiger partial charge on any atom is -0.504 e. The normalized spacial score (nSPS) is 12.2. The molecule has 0 spiro atoms. The van der Waals surface area contributed by atoms with E-state index in [1.54, 1.807) is 6.07 Å². The molecule has 1 atom stereocenters. The van der Waals surface area contributed by atoms with Crippen LogP contribution in [0.3, 0.4) is 0 Å². The minimum atomic E-state index is -0.218. The fourth-order valence-electron chi connectivity index (χ4n) is 1.49. The molecule has 3 N–H and O–H groups in total. The zero-order valence-corrected chi connectivity index (χ0v) is 10.8. The van der Waals surface area contributed by atoms with Gasteiger partial charge in [-0.25, -0.2) is 0 Å². The number of benzene rings is 1. The second-order valence-corrected chi connectivity index (χ2v) is 4.43. The number of hydrogen-bond donors (Lipinski definition) is 2. The zero-order valence-electron chi connectivity index (χ0n) is 9.24. The lowest BCUT2D eigenvalue weighted by Crippen LogP contribution is -2.10. The first-order valence-electron chi connectivity index (χ1n) is 5.03. The van der Waals surface area contributed by atoms with E-state index in [1.807, 2.05) is 12.1 Å². The van der Waals surface area contributed by atoms with Crippen molar-refractivity contribution in [1.82, 2.24) is 0 Å². The Kier molecular flexibility index (Phi) is 4.83. The van der Waals surface area contributed by atoms with Crippen molar-refractivity contribution < 1.29 is 9.84 Å². The SMILES string of the molecule is C=CCC[C@@H](N)c1cc(Br)cc(OC)c1O. The number of phenolic OH excluding ortho intramolecular Hbond substituents is 1. The number of ether oxygens (including phenoxy) is 1. The molecule has 0 aliphatic heterocycles. The van der Waals surface area contributed by atoms with E-state index in [9.17, 15) is 5.11 Å². The number of methoxy groups -OCH3 is 1. The summed E-state index contributed by atoms with van der Waals surface area (Å²) in [6.45, 7) is 3.65. The maximum atomic E-state index is 9.93. The lowest BCUT2D eigenvalue weighted by Gasteiger charge is -2.15. The van der Waals surface area contributed by atoms with E-state index < -0.39 is 0 Å². The van der Waals surface area contributed by atoms with Gasteiger partial charge in [0.1, 0.15) is 0 Å². The van der Waals surface area contributed by atoms with Crippen LogP contribution < -0.4 is 10.5 Å². The second kappa shape index (κ2) is 5.92. The van der Waals surface area contributed by atoms with Gasteiger partial charge in [-0.05, 0) is 25.0 Å². The Morgan fingerprint density at radius 2 is 2.31 bits per heavy atom. The van der Waals surface area contributed by atoms with Crippen molar-refractivity contribution in [2.45, 2.75) is 18.9 Å². The molecule has 0 aromatic heterocycles. The maximum absolute atomic E-state index is 9.93. The predicted octanol–water partition coefficient (Wildman–Crippen LogP) is 3.13. The monoisotopic (exact) mass is 285 g/mol. The molecule has 1 rings (SSSR count). The van der Waals surface area contributed by atoms with Gasteiger partial charge in [-0.3, -0.25) is 0 Å². The fourth-order valence-corrected chi connectivity index (χ4v) is 1.94. The highest BCUT2D eigenvalue weighted by Crippen LogP contribution is 2.37. The Hall–Kier alpha value is -1.00. The summed E-state index contributed by atoms with van der Waals surface area (Å²) >= 11 is 3.36. The molecule has 0 saturated carbocycles. The van der Waals surface area contributed by atoms with Crippen molar-refractivity contribution >= 4 is 15.9 Å². The van der Waals surface area contributed by atoms with Gasteiger partial charge in [0.2, 0.25) is 0 Å². The predicted molar refractivity (Wildman–Crippen MR) is 68.7 cm³/mol. The van der Waals surface area contributed by atoms with E-state index >= 15 is 0 Å². The molecule has 88 valence electrons. The van der Waals surface area contributed by atoms with E-state index in [0.29, 0.717) is 11.3 Å². The summed E-state index contributed by atoms with van der Waals surface area (Å²) in [5, 5.41) is 9.93. The third-order valence-corrected chi connectivity index (χ3v) is 2.83. The van der Waals surface area contributed by atoms with Crippen molar-refractivity contribution in [3.8, 4) is 11.5 Å². The van der Waals surface area contributed by atoms with E-state index in [1.165, 1.54) is 7.11 Å². The van der Waals surface area contributed by atoms with Gasteiger partial charge < -0.3 is 15.6 Å². The first-order chi connectivity index (χ1) is 7.60. The number of allylic oxidation sites excluding steroid dienone is 1. The number of aromatic hydroxyl groups is 1. The van der Waals surface area contributed by atoms with Gasteiger partial charge in [0, 0.05) is 16.1 Å². The third-order valence-electron chi connectivity index (χ3n) is 2.37. The smallest absolute Gasteiger partial charge is 0.162 e. The highest BCUT2D eigenvalue weighted by Gasteiger charge is 2.15. The van der Waals surface area contributed by atoms with Crippen LogP contribution in [0.4, 0.5) is 0 Å². The highest BCUT2D eigenvalue weighted by molar-refractivity contribution is 9.10. The third kappa shape index (κ3) is 3.00. The zero-order chi connectivity index (χ0) is 12.1. The molecule has 0 heterocycles. The van der Waals surface area contributed by atoms with Crippen LogP contribution >= 0.6 is 15.9 Å². The van der Waals surface area contributed by atoms with Crippen molar-refractivity contribution in [1.29, 1.82) is 0 Å².